The van der Waals surface area contributed by atoms with Gasteiger partial charge in [-0.3, -0.25) is 0 Å². The maximum atomic E-state index is 2.40. The van der Waals surface area contributed by atoms with Crippen molar-refractivity contribution < 1.29 is 0 Å². The summed E-state index contributed by atoms with van der Waals surface area (Å²) < 4.78 is 0. The summed E-state index contributed by atoms with van der Waals surface area (Å²) in [7, 11) is 0. The first kappa shape index (κ1) is 20.9. The summed E-state index contributed by atoms with van der Waals surface area (Å²) >= 11 is 0. The van der Waals surface area contributed by atoms with Crippen LogP contribution >= 0.6 is 0 Å². The van der Waals surface area contributed by atoms with E-state index in [0.29, 0.717) is 0 Å². The van der Waals surface area contributed by atoms with Crippen molar-refractivity contribution in [2.75, 3.05) is 0 Å². The lowest BCUT2D eigenvalue weighted by atomic mass is 9.78. The van der Waals surface area contributed by atoms with E-state index in [1.54, 1.807) is 5.56 Å². The zero-order chi connectivity index (χ0) is 21.1. The molecule has 0 atom stereocenters. The predicted octanol–water partition coefficient (Wildman–Crippen LogP) is 8.36. The molecule has 0 aromatic heterocycles. The molecule has 156 valence electrons. The minimum Gasteiger partial charge on any atom is -0.0625 e. The van der Waals surface area contributed by atoms with Gasteiger partial charge in [0.2, 0.25) is 0 Å². The molecule has 0 radical (unpaired) electrons. The van der Waals surface area contributed by atoms with E-state index in [1.165, 1.54) is 64.6 Å². The Morgan fingerprint density at radius 2 is 1.37 bits per heavy atom. The third-order valence-electron chi connectivity index (χ3n) is 7.19. The normalized spacial score (nSPS) is 19.1. The van der Waals surface area contributed by atoms with Crippen LogP contribution in [0, 0.1) is 26.7 Å². The summed E-state index contributed by atoms with van der Waals surface area (Å²) in [5.74, 6) is 1.68. The fourth-order valence-corrected chi connectivity index (χ4v) is 5.15. The van der Waals surface area contributed by atoms with Crippen molar-refractivity contribution in [1.29, 1.82) is 0 Å². The monoisotopic (exact) mass is 396 g/mol. The topological polar surface area (TPSA) is 0 Å². The molecule has 0 N–H and O–H groups in total. The predicted molar refractivity (Wildman–Crippen MR) is 130 cm³/mol. The molecule has 0 heteroatoms. The van der Waals surface area contributed by atoms with Crippen LogP contribution in [0.1, 0.15) is 71.9 Å². The van der Waals surface area contributed by atoms with Gasteiger partial charge < -0.3 is 0 Å². The summed E-state index contributed by atoms with van der Waals surface area (Å²) in [6, 6.07) is 23.2. The molecular weight excluding hydrogens is 360 g/mol. The first-order valence-corrected chi connectivity index (χ1v) is 11.8. The average Bonchev–Trinajstić information content (AvgIpc) is 2.74. The van der Waals surface area contributed by atoms with Gasteiger partial charge in [-0.25, -0.2) is 0 Å². The van der Waals surface area contributed by atoms with E-state index in [1.807, 2.05) is 0 Å². The molecule has 0 aliphatic heterocycles. The second-order valence-electron chi connectivity index (χ2n) is 9.66. The molecule has 1 saturated carbocycles. The summed E-state index contributed by atoms with van der Waals surface area (Å²) in [5.41, 5.74) is 11.4. The Morgan fingerprint density at radius 3 is 2.03 bits per heavy atom. The molecule has 1 fully saturated rings. The third-order valence-corrected chi connectivity index (χ3v) is 7.19. The first-order valence-electron chi connectivity index (χ1n) is 11.8. The molecule has 1 aliphatic rings. The van der Waals surface area contributed by atoms with E-state index in [9.17, 15) is 0 Å². The first-order chi connectivity index (χ1) is 14.5. The van der Waals surface area contributed by atoms with Crippen LogP contribution in [-0.4, -0.2) is 0 Å². The molecule has 3 aromatic carbocycles. The summed E-state index contributed by atoms with van der Waals surface area (Å²) in [6.45, 7) is 9.09. The number of hydrogen-bond donors (Lipinski definition) is 0. The van der Waals surface area contributed by atoms with Crippen LogP contribution in [0.25, 0.3) is 11.1 Å². The van der Waals surface area contributed by atoms with Gasteiger partial charge in [0.1, 0.15) is 0 Å². The van der Waals surface area contributed by atoms with Gasteiger partial charge in [-0.2, -0.15) is 0 Å². The standard InChI is InChI=1S/C30H36/c1-21-5-12-28(13-6-21)30-18-17-29(20-24(30)4)27-15-9-25(10-16-27)8-14-26-11-7-22(2)19-23(26)3/h7,9-11,15-21,28H,5-6,8,12-14H2,1-4H3. The number of rotatable bonds is 5. The van der Waals surface area contributed by atoms with Gasteiger partial charge in [-0.1, -0.05) is 86.0 Å². The average molecular weight is 397 g/mol. The highest BCUT2D eigenvalue weighted by Gasteiger charge is 2.21. The molecule has 0 saturated heterocycles. The lowest BCUT2D eigenvalue weighted by Gasteiger charge is -2.27. The Kier molecular flexibility index (Phi) is 6.42. The van der Waals surface area contributed by atoms with E-state index in [-0.39, 0.29) is 0 Å². The van der Waals surface area contributed by atoms with Crippen molar-refractivity contribution in [3.63, 3.8) is 0 Å². The molecule has 0 bridgehead atoms. The fraction of sp³-hybridized carbons (Fsp3) is 0.400. The fourth-order valence-electron chi connectivity index (χ4n) is 5.15. The van der Waals surface area contributed by atoms with Gasteiger partial charge in [0, 0.05) is 0 Å². The number of aryl methyl sites for hydroxylation is 5. The van der Waals surface area contributed by atoms with Crippen LogP contribution in [0.5, 0.6) is 0 Å². The summed E-state index contributed by atoms with van der Waals surface area (Å²) in [5, 5.41) is 0. The minimum absolute atomic E-state index is 0.767. The largest absolute Gasteiger partial charge is 0.0625 e. The highest BCUT2D eigenvalue weighted by atomic mass is 14.3. The SMILES string of the molecule is Cc1ccc(CCc2ccc(-c3ccc(C4CCC(C)CC4)c(C)c3)cc2)c(C)c1. The summed E-state index contributed by atoms with van der Waals surface area (Å²) in [4.78, 5) is 0. The van der Waals surface area contributed by atoms with Crippen LogP contribution < -0.4 is 0 Å². The molecule has 1 aliphatic carbocycles. The Labute approximate surface area is 183 Å². The molecule has 0 amide bonds. The lowest BCUT2D eigenvalue weighted by Crippen LogP contribution is -2.11. The number of benzene rings is 3. The van der Waals surface area contributed by atoms with Crippen molar-refractivity contribution in [2.24, 2.45) is 5.92 Å². The molecule has 3 aromatic rings. The van der Waals surface area contributed by atoms with Crippen LogP contribution in [0.2, 0.25) is 0 Å². The van der Waals surface area contributed by atoms with Gasteiger partial charge >= 0.3 is 0 Å². The van der Waals surface area contributed by atoms with Gasteiger partial charge in [0.15, 0.2) is 0 Å². The van der Waals surface area contributed by atoms with Crippen molar-refractivity contribution in [2.45, 2.75) is 72.1 Å². The van der Waals surface area contributed by atoms with Gasteiger partial charge in [0.25, 0.3) is 0 Å². The quantitative estimate of drug-likeness (QED) is 0.406. The minimum atomic E-state index is 0.767. The highest BCUT2D eigenvalue weighted by Crippen LogP contribution is 2.37. The van der Waals surface area contributed by atoms with E-state index < -0.39 is 0 Å². The van der Waals surface area contributed by atoms with E-state index in [0.717, 1.165) is 24.7 Å². The Bertz CT molecular complexity index is 985. The zero-order valence-corrected chi connectivity index (χ0v) is 19.2. The van der Waals surface area contributed by atoms with Crippen LogP contribution in [0.4, 0.5) is 0 Å². The Morgan fingerprint density at radius 1 is 0.667 bits per heavy atom. The maximum absolute atomic E-state index is 2.40. The molecular formula is C30H36. The second-order valence-corrected chi connectivity index (χ2v) is 9.66. The molecule has 0 unspecified atom stereocenters. The van der Waals surface area contributed by atoms with E-state index in [4.69, 9.17) is 0 Å². The van der Waals surface area contributed by atoms with E-state index in [2.05, 4.69) is 88.4 Å². The highest BCUT2D eigenvalue weighted by molar-refractivity contribution is 5.65. The van der Waals surface area contributed by atoms with Crippen LogP contribution in [0.15, 0.2) is 60.7 Å². The van der Waals surface area contributed by atoms with Gasteiger partial charge in [-0.15, -0.1) is 0 Å². The van der Waals surface area contributed by atoms with Crippen molar-refractivity contribution >= 4 is 0 Å². The molecule has 30 heavy (non-hydrogen) atoms. The van der Waals surface area contributed by atoms with Crippen molar-refractivity contribution in [3.05, 3.63) is 94.0 Å². The number of hydrogen-bond acceptors (Lipinski definition) is 0. The van der Waals surface area contributed by atoms with Gasteiger partial charge in [-0.05, 0) is 97.2 Å². The summed E-state index contributed by atoms with van der Waals surface area (Å²) in [6.07, 6.45) is 7.69. The van der Waals surface area contributed by atoms with E-state index >= 15 is 0 Å². The second kappa shape index (κ2) is 9.21. The van der Waals surface area contributed by atoms with Crippen LogP contribution in [-0.2, 0) is 12.8 Å². The lowest BCUT2D eigenvalue weighted by molar-refractivity contribution is 0.347. The van der Waals surface area contributed by atoms with Gasteiger partial charge in [0.05, 0.1) is 0 Å². The Hall–Kier alpha value is -2.34. The molecule has 0 nitrogen and oxygen atoms in total. The smallest absolute Gasteiger partial charge is 0.0159 e. The molecule has 4 rings (SSSR count). The Balaban J connectivity index is 1.43. The maximum Gasteiger partial charge on any atom is -0.0159 e. The van der Waals surface area contributed by atoms with Crippen molar-refractivity contribution in [1.82, 2.24) is 0 Å². The zero-order valence-electron chi connectivity index (χ0n) is 19.2. The molecule has 0 heterocycles. The third kappa shape index (κ3) is 4.86. The molecule has 0 spiro atoms. The van der Waals surface area contributed by atoms with Crippen LogP contribution in [0.3, 0.4) is 0 Å². The van der Waals surface area contributed by atoms with Crippen molar-refractivity contribution in [3.8, 4) is 11.1 Å².